The molecule has 1 atom stereocenters. The van der Waals surface area contributed by atoms with Gasteiger partial charge < -0.3 is 9.29 Å². The molecule has 0 saturated carbocycles. The number of aromatic nitrogens is 3. The van der Waals surface area contributed by atoms with E-state index in [0.717, 1.165) is 0 Å². The molecule has 2 aromatic heterocycles. The van der Waals surface area contributed by atoms with Crippen LogP contribution in [0.4, 0.5) is 13.2 Å². The second-order valence-electron chi connectivity index (χ2n) is 5.59. The molecular formula is C16H13F3N3O3S-. The van der Waals surface area contributed by atoms with Crippen molar-refractivity contribution in [2.75, 3.05) is 7.11 Å². The molecule has 0 bridgehead atoms. The van der Waals surface area contributed by atoms with Crippen LogP contribution in [0.3, 0.4) is 0 Å². The van der Waals surface area contributed by atoms with Gasteiger partial charge in [0.25, 0.3) is 0 Å². The number of benzene rings is 1. The van der Waals surface area contributed by atoms with Crippen LogP contribution in [-0.4, -0.2) is 31.1 Å². The van der Waals surface area contributed by atoms with Crippen LogP contribution in [0.1, 0.15) is 16.8 Å². The summed E-state index contributed by atoms with van der Waals surface area (Å²) in [5.74, 6) is -0.158. The van der Waals surface area contributed by atoms with Crippen LogP contribution in [0.5, 0.6) is 5.88 Å². The van der Waals surface area contributed by atoms with E-state index in [9.17, 15) is 21.9 Å². The molecule has 0 saturated heterocycles. The minimum Gasteiger partial charge on any atom is -0.772 e. The third-order valence-corrected chi connectivity index (χ3v) is 4.49. The van der Waals surface area contributed by atoms with E-state index in [2.05, 4.69) is 10.1 Å². The summed E-state index contributed by atoms with van der Waals surface area (Å²) in [4.78, 5) is 4.03. The molecule has 26 heavy (non-hydrogen) atoms. The number of hydrogen-bond donors (Lipinski definition) is 1. The molecule has 1 aromatic carbocycles. The SMILES string of the molecule is COc1ncc2n[nH]c(C(F)(F)F)c2c1-c1ccc(CS(=O)[O-])c(C)c1. The lowest BCUT2D eigenvalue weighted by molar-refractivity contribution is -0.139. The quantitative estimate of drug-likeness (QED) is 0.697. The molecule has 2 heterocycles. The maximum Gasteiger partial charge on any atom is 0.433 e. The van der Waals surface area contributed by atoms with Crippen LogP contribution in [0, 0.1) is 6.92 Å². The number of rotatable bonds is 4. The fourth-order valence-electron chi connectivity index (χ4n) is 2.76. The van der Waals surface area contributed by atoms with Crippen molar-refractivity contribution in [2.45, 2.75) is 18.9 Å². The number of pyridine rings is 1. The summed E-state index contributed by atoms with van der Waals surface area (Å²) >= 11 is -2.27. The van der Waals surface area contributed by atoms with Crippen LogP contribution >= 0.6 is 0 Å². The van der Waals surface area contributed by atoms with Gasteiger partial charge in [-0.25, -0.2) is 4.98 Å². The van der Waals surface area contributed by atoms with Gasteiger partial charge in [0.15, 0.2) is 0 Å². The molecule has 0 amide bonds. The molecule has 1 N–H and O–H groups in total. The summed E-state index contributed by atoms with van der Waals surface area (Å²) in [7, 11) is 1.31. The lowest BCUT2D eigenvalue weighted by Crippen LogP contribution is -2.07. The van der Waals surface area contributed by atoms with E-state index >= 15 is 0 Å². The number of nitrogens with one attached hydrogen (secondary N) is 1. The first kappa shape index (κ1) is 18.3. The first-order valence-electron chi connectivity index (χ1n) is 7.36. The summed E-state index contributed by atoms with van der Waals surface area (Å²) in [6.45, 7) is 1.69. The highest BCUT2D eigenvalue weighted by molar-refractivity contribution is 7.78. The number of hydrogen-bond acceptors (Lipinski definition) is 5. The molecule has 0 radical (unpaired) electrons. The predicted molar refractivity (Wildman–Crippen MR) is 88.2 cm³/mol. The van der Waals surface area contributed by atoms with Crippen LogP contribution in [0.2, 0.25) is 0 Å². The topological polar surface area (TPSA) is 90.9 Å². The van der Waals surface area contributed by atoms with Crippen LogP contribution in [0.15, 0.2) is 24.4 Å². The third kappa shape index (κ3) is 3.29. The van der Waals surface area contributed by atoms with Gasteiger partial charge >= 0.3 is 6.18 Å². The van der Waals surface area contributed by atoms with E-state index in [4.69, 9.17) is 4.74 Å². The van der Waals surface area contributed by atoms with Crippen molar-refractivity contribution in [2.24, 2.45) is 0 Å². The average Bonchev–Trinajstić information content (AvgIpc) is 2.99. The molecule has 3 aromatic rings. The summed E-state index contributed by atoms with van der Waals surface area (Å²) < 4.78 is 67.1. The Bertz CT molecular complexity index is 1000. The lowest BCUT2D eigenvalue weighted by Gasteiger charge is -2.14. The normalized spacial score (nSPS) is 13.2. The van der Waals surface area contributed by atoms with Crippen molar-refractivity contribution in [1.29, 1.82) is 0 Å². The van der Waals surface area contributed by atoms with Crippen molar-refractivity contribution < 1.29 is 26.7 Å². The highest BCUT2D eigenvalue weighted by Gasteiger charge is 2.37. The molecule has 3 rings (SSSR count). The summed E-state index contributed by atoms with van der Waals surface area (Å²) in [5.41, 5.74) is 0.807. The van der Waals surface area contributed by atoms with Gasteiger partial charge in [0.1, 0.15) is 11.2 Å². The molecule has 0 aliphatic carbocycles. The highest BCUT2D eigenvalue weighted by atomic mass is 32.2. The van der Waals surface area contributed by atoms with Gasteiger partial charge in [0.05, 0.1) is 18.9 Å². The first-order chi connectivity index (χ1) is 12.2. The van der Waals surface area contributed by atoms with Gasteiger partial charge in [0, 0.05) is 11.1 Å². The first-order valence-corrected chi connectivity index (χ1v) is 8.60. The monoisotopic (exact) mass is 384 g/mol. The Morgan fingerprint density at radius 1 is 1.35 bits per heavy atom. The lowest BCUT2D eigenvalue weighted by atomic mass is 9.98. The second-order valence-corrected chi connectivity index (χ2v) is 6.48. The fourth-order valence-corrected chi connectivity index (χ4v) is 3.34. The minimum atomic E-state index is -4.63. The number of halogens is 3. The number of H-pyrrole nitrogens is 1. The van der Waals surface area contributed by atoms with Gasteiger partial charge in [0.2, 0.25) is 5.88 Å². The van der Waals surface area contributed by atoms with Crippen LogP contribution in [-0.2, 0) is 23.0 Å². The average molecular weight is 384 g/mol. The van der Waals surface area contributed by atoms with Gasteiger partial charge in [-0.15, -0.1) is 0 Å². The highest BCUT2D eigenvalue weighted by Crippen LogP contribution is 2.42. The van der Waals surface area contributed by atoms with E-state index in [1.54, 1.807) is 25.1 Å². The van der Waals surface area contributed by atoms with E-state index in [-0.39, 0.29) is 28.1 Å². The Morgan fingerprint density at radius 3 is 2.65 bits per heavy atom. The van der Waals surface area contributed by atoms with E-state index in [0.29, 0.717) is 16.7 Å². The second kappa shape index (κ2) is 6.69. The predicted octanol–water partition coefficient (Wildman–Crippen LogP) is 3.34. The summed E-state index contributed by atoms with van der Waals surface area (Å²) in [5, 5.41) is 5.55. The molecule has 0 spiro atoms. The van der Waals surface area contributed by atoms with Crippen molar-refractivity contribution >= 4 is 22.0 Å². The molecule has 6 nitrogen and oxygen atoms in total. The van der Waals surface area contributed by atoms with Gasteiger partial charge in [-0.2, -0.15) is 18.3 Å². The Labute approximate surface area is 148 Å². The zero-order chi connectivity index (χ0) is 19.1. The Balaban J connectivity index is 2.28. The molecule has 0 aliphatic heterocycles. The van der Waals surface area contributed by atoms with Crippen molar-refractivity contribution in [3.05, 3.63) is 41.2 Å². The van der Waals surface area contributed by atoms with Gasteiger partial charge in [-0.05, 0) is 23.6 Å². The smallest absolute Gasteiger partial charge is 0.433 e. The number of ether oxygens (including phenoxy) is 1. The van der Waals surface area contributed by atoms with Gasteiger partial charge in [-0.1, -0.05) is 29.3 Å². The third-order valence-electron chi connectivity index (χ3n) is 3.94. The number of methoxy groups -OCH3 is 1. The molecule has 0 aliphatic rings. The van der Waals surface area contributed by atoms with E-state index in [1.165, 1.54) is 13.3 Å². The Hall–Kier alpha value is -2.46. The summed E-state index contributed by atoms with van der Waals surface area (Å²) in [6.07, 6.45) is -3.44. The maximum atomic E-state index is 13.4. The van der Waals surface area contributed by atoms with Crippen molar-refractivity contribution in [3.63, 3.8) is 0 Å². The standard InChI is InChI=1S/C16H14F3N3O3S/c1-8-5-9(3-4-10(8)7-26(23)24)12-13-11(6-20-15(12)25-2)21-22-14(13)16(17,18)19/h3-6H,7H2,1-2H3,(H,21,22)(H,23,24)/p-1. The molecular weight excluding hydrogens is 371 g/mol. The van der Waals surface area contributed by atoms with Crippen molar-refractivity contribution in [1.82, 2.24) is 15.2 Å². The largest absolute Gasteiger partial charge is 0.772 e. The van der Waals surface area contributed by atoms with Crippen molar-refractivity contribution in [3.8, 4) is 17.0 Å². The fraction of sp³-hybridized carbons (Fsp3) is 0.250. The number of nitrogens with zero attached hydrogens (tertiary/aromatic N) is 2. The Morgan fingerprint density at radius 2 is 2.08 bits per heavy atom. The number of aryl methyl sites for hydroxylation is 1. The molecule has 0 fully saturated rings. The molecule has 138 valence electrons. The minimum absolute atomic E-state index is 0.0175. The number of fused-ring (bicyclic) bond motifs is 1. The zero-order valence-electron chi connectivity index (χ0n) is 13.7. The Kier molecular flexibility index (Phi) is 4.72. The van der Waals surface area contributed by atoms with Crippen LogP contribution in [0.25, 0.3) is 22.0 Å². The number of alkyl halides is 3. The molecule has 10 heteroatoms. The van der Waals surface area contributed by atoms with E-state index in [1.807, 2.05) is 5.10 Å². The summed E-state index contributed by atoms with van der Waals surface area (Å²) in [6, 6.07) is 4.71. The van der Waals surface area contributed by atoms with Crippen LogP contribution < -0.4 is 4.74 Å². The van der Waals surface area contributed by atoms with Gasteiger partial charge in [-0.3, -0.25) is 9.31 Å². The maximum absolute atomic E-state index is 13.4. The molecule has 1 unspecified atom stereocenters. The zero-order valence-corrected chi connectivity index (χ0v) is 14.5. The number of aromatic amines is 1. The van der Waals surface area contributed by atoms with E-state index < -0.39 is 23.0 Å².